The minimum Gasteiger partial charge on any atom is -0.322 e. The lowest BCUT2D eigenvalue weighted by molar-refractivity contribution is -0.138. The second-order valence-corrected chi connectivity index (χ2v) is 9.78. The van der Waals surface area contributed by atoms with E-state index in [2.05, 4.69) is 0 Å². The molecule has 0 fully saturated rings. The average Bonchev–Trinajstić information content (AvgIpc) is 3.32. The number of hydrogen-bond donors (Lipinski definition) is 1. The Labute approximate surface area is 217 Å². The van der Waals surface area contributed by atoms with Gasteiger partial charge in [0.1, 0.15) is 11.6 Å². The summed E-state index contributed by atoms with van der Waals surface area (Å²) < 4.78 is 73.3. The predicted molar refractivity (Wildman–Crippen MR) is 134 cm³/mol. The van der Waals surface area contributed by atoms with Crippen molar-refractivity contribution in [3.63, 3.8) is 0 Å². The molecule has 0 saturated heterocycles. The van der Waals surface area contributed by atoms with E-state index in [9.17, 15) is 31.5 Å². The number of benzene rings is 3. The monoisotopic (exact) mass is 545 g/mol. The number of thioether (sulfide) groups is 1. The Bertz CT molecular complexity index is 1630. The van der Waals surface area contributed by atoms with Crippen LogP contribution in [0.3, 0.4) is 0 Å². The molecule has 0 aliphatic carbocycles. The van der Waals surface area contributed by atoms with Crippen LogP contribution in [0.15, 0.2) is 87.4 Å². The highest BCUT2D eigenvalue weighted by Crippen LogP contribution is 2.44. The molecule has 2 heterocycles. The molecule has 38 heavy (non-hydrogen) atoms. The molecule has 0 bridgehead atoms. The van der Waals surface area contributed by atoms with E-state index in [0.29, 0.717) is 5.56 Å². The first-order chi connectivity index (χ1) is 18.1. The molecule has 4 aromatic rings. The summed E-state index contributed by atoms with van der Waals surface area (Å²) in [6.07, 6.45) is -4.90. The van der Waals surface area contributed by atoms with Gasteiger partial charge in [-0.2, -0.15) is 13.2 Å². The number of rotatable bonds is 5. The van der Waals surface area contributed by atoms with E-state index in [4.69, 9.17) is 5.73 Å². The van der Waals surface area contributed by atoms with Crippen molar-refractivity contribution in [1.82, 2.24) is 9.13 Å². The van der Waals surface area contributed by atoms with Gasteiger partial charge in [0, 0.05) is 22.9 Å². The van der Waals surface area contributed by atoms with E-state index in [1.54, 1.807) is 30.3 Å². The van der Waals surface area contributed by atoms with Gasteiger partial charge in [0.05, 0.1) is 28.7 Å². The number of hydrogen-bond acceptors (Lipinski definition) is 4. The molecule has 1 aliphatic heterocycles. The van der Waals surface area contributed by atoms with Crippen molar-refractivity contribution in [2.45, 2.75) is 29.8 Å². The van der Waals surface area contributed by atoms with Crippen LogP contribution in [-0.2, 0) is 12.7 Å². The van der Waals surface area contributed by atoms with Crippen LogP contribution in [0.2, 0.25) is 0 Å². The number of halogens is 5. The Morgan fingerprint density at radius 3 is 2.26 bits per heavy atom. The van der Waals surface area contributed by atoms with E-state index in [-0.39, 0.29) is 28.5 Å². The van der Waals surface area contributed by atoms with Gasteiger partial charge in [-0.25, -0.2) is 13.6 Å². The molecule has 5 rings (SSSR count). The Morgan fingerprint density at radius 1 is 0.921 bits per heavy atom. The summed E-state index contributed by atoms with van der Waals surface area (Å²) in [5, 5.41) is -0.0315. The van der Waals surface area contributed by atoms with Crippen LogP contribution in [0.4, 0.5) is 22.0 Å². The van der Waals surface area contributed by atoms with E-state index >= 15 is 0 Å². The Morgan fingerprint density at radius 2 is 1.58 bits per heavy atom. The first kappa shape index (κ1) is 25.9. The third kappa shape index (κ3) is 4.45. The topological polar surface area (TPSA) is 70.0 Å². The maximum Gasteiger partial charge on any atom is 0.416 e. The summed E-state index contributed by atoms with van der Waals surface area (Å²) in [6, 6.07) is 14.3. The van der Waals surface area contributed by atoms with Gasteiger partial charge in [-0.05, 0) is 23.8 Å². The van der Waals surface area contributed by atoms with Gasteiger partial charge in [0.15, 0.2) is 0 Å². The molecule has 11 heteroatoms. The van der Waals surface area contributed by atoms with Crippen LogP contribution in [0, 0.1) is 11.6 Å². The summed E-state index contributed by atoms with van der Waals surface area (Å²) in [7, 11) is 0. The van der Waals surface area contributed by atoms with Gasteiger partial charge >= 0.3 is 11.9 Å². The minimum absolute atomic E-state index is 0.0315. The minimum atomic E-state index is -4.90. The van der Waals surface area contributed by atoms with Crippen LogP contribution < -0.4 is 17.0 Å². The fourth-order valence-corrected chi connectivity index (χ4v) is 6.01. The van der Waals surface area contributed by atoms with Crippen molar-refractivity contribution in [3.8, 4) is 11.1 Å². The van der Waals surface area contributed by atoms with Crippen molar-refractivity contribution in [2.24, 2.45) is 5.73 Å². The fraction of sp³-hybridized carbons (Fsp3) is 0.185. The van der Waals surface area contributed by atoms with Gasteiger partial charge in [0.25, 0.3) is 5.56 Å². The number of aromatic nitrogens is 2. The summed E-state index contributed by atoms with van der Waals surface area (Å²) in [5.41, 5.74) is 2.83. The van der Waals surface area contributed by atoms with E-state index in [1.165, 1.54) is 18.2 Å². The van der Waals surface area contributed by atoms with Crippen LogP contribution in [0.1, 0.15) is 28.8 Å². The van der Waals surface area contributed by atoms with Gasteiger partial charge in [0.2, 0.25) is 0 Å². The van der Waals surface area contributed by atoms with Crippen LogP contribution in [0.5, 0.6) is 0 Å². The lowest BCUT2D eigenvalue weighted by Crippen LogP contribution is -2.44. The smallest absolute Gasteiger partial charge is 0.322 e. The third-order valence-electron chi connectivity index (χ3n) is 6.46. The molecule has 0 radical (unpaired) electrons. The van der Waals surface area contributed by atoms with Crippen molar-refractivity contribution in [3.05, 3.63) is 122 Å². The first-order valence-electron chi connectivity index (χ1n) is 11.5. The van der Waals surface area contributed by atoms with Gasteiger partial charge < -0.3 is 5.73 Å². The zero-order chi connectivity index (χ0) is 27.2. The van der Waals surface area contributed by atoms with Crippen molar-refractivity contribution >= 4 is 11.8 Å². The van der Waals surface area contributed by atoms with Crippen molar-refractivity contribution in [2.75, 3.05) is 5.75 Å². The first-order valence-corrected chi connectivity index (χ1v) is 12.5. The standard InChI is InChI=1S/C27H20F5N3O2S/c28-18-11-5-4-9-16(18)22-24(36)34(13-20(33)15-7-2-1-3-8-15)26(37)35-21(14-38-25(22)35)23-17(27(30,31)32)10-6-12-19(23)29/h1-12,20-21H,13-14,33H2. The summed E-state index contributed by atoms with van der Waals surface area (Å²) >= 11 is 0.899. The molecule has 0 saturated carbocycles. The van der Waals surface area contributed by atoms with Gasteiger partial charge in [-0.15, -0.1) is 11.8 Å². The van der Waals surface area contributed by atoms with Crippen molar-refractivity contribution < 1.29 is 22.0 Å². The molecule has 0 amide bonds. The molecule has 2 unspecified atom stereocenters. The number of nitrogens with zero attached hydrogens (tertiary/aromatic N) is 2. The molecule has 0 spiro atoms. The van der Waals surface area contributed by atoms with E-state index in [0.717, 1.165) is 45.2 Å². The highest BCUT2D eigenvalue weighted by atomic mass is 32.2. The van der Waals surface area contributed by atoms with Gasteiger partial charge in [-0.3, -0.25) is 13.9 Å². The molecular weight excluding hydrogens is 525 g/mol. The van der Waals surface area contributed by atoms with Crippen LogP contribution >= 0.6 is 11.8 Å². The molecule has 196 valence electrons. The maximum atomic E-state index is 15.0. The average molecular weight is 546 g/mol. The number of alkyl halides is 3. The van der Waals surface area contributed by atoms with E-state index < -0.39 is 52.3 Å². The summed E-state index contributed by atoms with van der Waals surface area (Å²) in [5.74, 6) is -2.07. The fourth-order valence-electron chi connectivity index (χ4n) is 4.69. The zero-order valence-corrected chi connectivity index (χ0v) is 20.4. The molecule has 1 aliphatic rings. The Kier molecular flexibility index (Phi) is 6.74. The third-order valence-corrected chi connectivity index (χ3v) is 7.62. The Hall–Kier alpha value is -3.70. The predicted octanol–water partition coefficient (Wildman–Crippen LogP) is 5.37. The maximum absolute atomic E-state index is 15.0. The quantitative estimate of drug-likeness (QED) is 0.271. The molecule has 5 nitrogen and oxygen atoms in total. The largest absolute Gasteiger partial charge is 0.416 e. The SMILES string of the molecule is NC(Cn1c(=O)c(-c2ccccc2F)c2n(c1=O)C(c1c(F)cccc1C(F)(F)F)CS2)c1ccccc1. The normalized spacial score (nSPS) is 15.9. The van der Waals surface area contributed by atoms with Crippen molar-refractivity contribution in [1.29, 1.82) is 0 Å². The lowest BCUT2D eigenvalue weighted by atomic mass is 9.99. The van der Waals surface area contributed by atoms with Crippen LogP contribution in [0.25, 0.3) is 11.1 Å². The summed E-state index contributed by atoms with van der Waals surface area (Å²) in [6.45, 7) is -0.329. The highest BCUT2D eigenvalue weighted by Gasteiger charge is 2.41. The lowest BCUT2D eigenvalue weighted by Gasteiger charge is -2.22. The molecular formula is C27H20F5N3O2S. The Balaban J connectivity index is 1.78. The summed E-state index contributed by atoms with van der Waals surface area (Å²) in [4.78, 5) is 27.4. The second-order valence-electron chi connectivity index (χ2n) is 8.77. The zero-order valence-electron chi connectivity index (χ0n) is 19.6. The number of fused-ring (bicyclic) bond motifs is 1. The molecule has 1 aromatic heterocycles. The van der Waals surface area contributed by atoms with E-state index in [1.807, 2.05) is 0 Å². The molecule has 3 aromatic carbocycles. The van der Waals surface area contributed by atoms with Crippen LogP contribution in [-0.4, -0.2) is 14.9 Å². The molecule has 2 atom stereocenters. The van der Waals surface area contributed by atoms with Gasteiger partial charge in [-0.1, -0.05) is 54.6 Å². The molecule has 2 N–H and O–H groups in total. The second kappa shape index (κ2) is 9.88. The number of nitrogens with two attached hydrogens (primary N) is 1. The highest BCUT2D eigenvalue weighted by molar-refractivity contribution is 7.99.